The maximum atomic E-state index is 11.3. The first-order valence-electron chi connectivity index (χ1n) is 11.7. The Morgan fingerprint density at radius 1 is 0.684 bits per heavy atom. The Kier molecular flexibility index (Phi) is 8.53. The standard InChI is InChI=1S/C16H11BrO2S.C15H11BrOS/c17-12-4-2-11(3-5-12)16-13-6-1-10(8-18)7-14(13)20-15(16)9-19;16-12-4-2-11(3-5-12)14-9-18-15-7-10(8-17)1-6-13(14)15/h1-7,9,18H,8H2;1-7,9,17H,8H2. The van der Waals surface area contributed by atoms with Crippen LogP contribution in [0.25, 0.3) is 42.4 Å². The molecular formula is C31H22Br2O3S2. The van der Waals surface area contributed by atoms with Crippen molar-refractivity contribution < 1.29 is 15.0 Å². The van der Waals surface area contributed by atoms with Crippen molar-refractivity contribution in [1.82, 2.24) is 0 Å². The zero-order valence-corrected chi connectivity index (χ0v) is 24.8. The molecule has 0 unspecified atom stereocenters. The van der Waals surface area contributed by atoms with E-state index in [9.17, 15) is 9.90 Å². The number of fused-ring (bicyclic) bond motifs is 2. The molecule has 2 aromatic heterocycles. The second kappa shape index (κ2) is 12.0. The van der Waals surface area contributed by atoms with Gasteiger partial charge in [0.2, 0.25) is 0 Å². The van der Waals surface area contributed by atoms with Crippen LogP contribution in [0.4, 0.5) is 0 Å². The van der Waals surface area contributed by atoms with Gasteiger partial charge in [0.25, 0.3) is 0 Å². The number of aldehydes is 1. The topological polar surface area (TPSA) is 57.5 Å². The number of carbonyl (C=O) groups is 1. The van der Waals surface area contributed by atoms with Crippen molar-refractivity contribution in [1.29, 1.82) is 0 Å². The van der Waals surface area contributed by atoms with Gasteiger partial charge in [-0.15, -0.1) is 22.7 Å². The van der Waals surface area contributed by atoms with Gasteiger partial charge in [0.15, 0.2) is 6.29 Å². The van der Waals surface area contributed by atoms with Crippen molar-refractivity contribution >= 4 is 81.0 Å². The van der Waals surface area contributed by atoms with Crippen LogP contribution in [0.1, 0.15) is 20.8 Å². The lowest BCUT2D eigenvalue weighted by atomic mass is 10.0. The van der Waals surface area contributed by atoms with E-state index in [0.29, 0.717) is 0 Å². The number of hydrogen-bond donors (Lipinski definition) is 2. The molecule has 4 aromatic carbocycles. The van der Waals surface area contributed by atoms with Gasteiger partial charge in [-0.2, -0.15) is 0 Å². The summed E-state index contributed by atoms with van der Waals surface area (Å²) in [5.74, 6) is 0. The number of rotatable bonds is 5. The fourth-order valence-corrected chi connectivity index (χ4v) is 6.95. The molecule has 0 amide bonds. The van der Waals surface area contributed by atoms with Gasteiger partial charge in [0.05, 0.1) is 18.1 Å². The maximum absolute atomic E-state index is 11.3. The fourth-order valence-electron chi connectivity index (χ4n) is 4.28. The molecule has 0 saturated heterocycles. The van der Waals surface area contributed by atoms with Crippen LogP contribution in [0.2, 0.25) is 0 Å². The van der Waals surface area contributed by atoms with Crippen molar-refractivity contribution in [3.05, 3.63) is 115 Å². The monoisotopic (exact) mass is 664 g/mol. The lowest BCUT2D eigenvalue weighted by Crippen LogP contribution is -1.83. The van der Waals surface area contributed by atoms with Crippen LogP contribution >= 0.6 is 54.5 Å². The Morgan fingerprint density at radius 2 is 1.24 bits per heavy atom. The van der Waals surface area contributed by atoms with Crippen molar-refractivity contribution in [3.63, 3.8) is 0 Å². The van der Waals surface area contributed by atoms with Gasteiger partial charge in [-0.05, 0) is 64.0 Å². The Bertz CT molecular complexity index is 1720. The first-order chi connectivity index (χ1) is 18.5. The minimum Gasteiger partial charge on any atom is -0.392 e. The number of aliphatic hydroxyl groups excluding tert-OH is 2. The summed E-state index contributed by atoms with van der Waals surface area (Å²) in [4.78, 5) is 12.1. The number of thiophene rings is 2. The Labute approximate surface area is 245 Å². The number of halogens is 2. The van der Waals surface area contributed by atoms with E-state index in [0.717, 1.165) is 52.4 Å². The van der Waals surface area contributed by atoms with Crippen molar-refractivity contribution in [2.24, 2.45) is 0 Å². The van der Waals surface area contributed by atoms with Gasteiger partial charge in [0, 0.05) is 40.2 Å². The lowest BCUT2D eigenvalue weighted by molar-refractivity contribution is 0.112. The molecule has 6 rings (SSSR count). The van der Waals surface area contributed by atoms with Crippen molar-refractivity contribution in [3.8, 4) is 22.3 Å². The van der Waals surface area contributed by atoms with E-state index in [1.54, 1.807) is 11.3 Å². The average molecular weight is 666 g/mol. The van der Waals surface area contributed by atoms with Crippen molar-refractivity contribution in [2.45, 2.75) is 13.2 Å². The zero-order valence-electron chi connectivity index (χ0n) is 20.0. The minimum atomic E-state index is 0.0118. The molecule has 0 saturated carbocycles. The molecule has 3 nitrogen and oxygen atoms in total. The van der Waals surface area contributed by atoms with Gasteiger partial charge in [-0.25, -0.2) is 0 Å². The number of benzene rings is 4. The highest BCUT2D eigenvalue weighted by atomic mass is 79.9. The van der Waals surface area contributed by atoms with Gasteiger partial charge in [-0.3, -0.25) is 4.79 Å². The Morgan fingerprint density at radius 3 is 1.82 bits per heavy atom. The summed E-state index contributed by atoms with van der Waals surface area (Å²) < 4.78 is 4.35. The summed E-state index contributed by atoms with van der Waals surface area (Å²) >= 11 is 10.1. The van der Waals surface area contributed by atoms with Crippen LogP contribution in [0.5, 0.6) is 0 Å². The number of carbonyl (C=O) groups excluding carboxylic acids is 1. The molecule has 0 fully saturated rings. The van der Waals surface area contributed by atoms with Gasteiger partial charge in [0.1, 0.15) is 0 Å². The van der Waals surface area contributed by atoms with Crippen molar-refractivity contribution in [2.75, 3.05) is 0 Å². The summed E-state index contributed by atoms with van der Waals surface area (Å²) in [7, 11) is 0. The highest BCUT2D eigenvalue weighted by Crippen LogP contribution is 2.39. The second-order valence-electron chi connectivity index (χ2n) is 8.60. The Hall–Kier alpha value is -2.65. The summed E-state index contributed by atoms with van der Waals surface area (Å²) in [5.41, 5.74) is 6.30. The van der Waals surface area contributed by atoms with E-state index in [-0.39, 0.29) is 13.2 Å². The molecule has 0 spiro atoms. The van der Waals surface area contributed by atoms with Crippen LogP contribution < -0.4 is 0 Å². The largest absolute Gasteiger partial charge is 0.392 e. The second-order valence-corrected chi connectivity index (χ2v) is 12.4. The van der Waals surface area contributed by atoms with Crippen LogP contribution in [0.3, 0.4) is 0 Å². The summed E-state index contributed by atoms with van der Waals surface area (Å²) in [6.45, 7) is 0.110. The molecule has 0 aliphatic heterocycles. The van der Waals surface area contributed by atoms with E-state index < -0.39 is 0 Å². The van der Waals surface area contributed by atoms with Crippen LogP contribution in [0, 0.1) is 0 Å². The Balaban J connectivity index is 0.000000156. The normalized spacial score (nSPS) is 10.9. The number of hydrogen-bond acceptors (Lipinski definition) is 5. The third kappa shape index (κ3) is 5.69. The van der Waals surface area contributed by atoms with E-state index in [2.05, 4.69) is 73.6 Å². The summed E-state index contributed by atoms with van der Waals surface area (Å²) in [5, 5.41) is 22.8. The quantitative estimate of drug-likeness (QED) is 0.180. The molecule has 0 bridgehead atoms. The number of aliphatic hydroxyl groups is 2. The van der Waals surface area contributed by atoms with E-state index in [4.69, 9.17) is 5.11 Å². The SMILES string of the molecule is O=Cc1sc2cc(CO)ccc2c1-c1ccc(Br)cc1.OCc1ccc2c(-c3ccc(Br)cc3)csc2c1. The molecule has 190 valence electrons. The van der Waals surface area contributed by atoms with Crippen LogP contribution in [0.15, 0.2) is 99.3 Å². The fraction of sp³-hybridized carbons (Fsp3) is 0.0645. The zero-order chi connectivity index (χ0) is 26.6. The minimum absolute atomic E-state index is 0.0118. The first-order valence-corrected chi connectivity index (χ1v) is 15.0. The molecule has 2 N–H and O–H groups in total. The summed E-state index contributed by atoms with van der Waals surface area (Å²) in [6.07, 6.45) is 0.903. The molecule has 0 aliphatic carbocycles. The molecule has 0 aliphatic rings. The molecule has 0 atom stereocenters. The maximum Gasteiger partial charge on any atom is 0.160 e. The van der Waals surface area contributed by atoms with Crippen LogP contribution in [-0.2, 0) is 13.2 Å². The first kappa shape index (κ1) is 26.9. The predicted octanol–water partition coefficient (Wildman–Crippen LogP) is 9.46. The summed E-state index contributed by atoms with van der Waals surface area (Å²) in [6, 6.07) is 28.2. The van der Waals surface area contributed by atoms with Crippen LogP contribution in [-0.4, -0.2) is 16.5 Å². The molecule has 7 heteroatoms. The van der Waals surface area contributed by atoms with Gasteiger partial charge < -0.3 is 10.2 Å². The smallest absolute Gasteiger partial charge is 0.160 e. The lowest BCUT2D eigenvalue weighted by Gasteiger charge is -2.02. The van der Waals surface area contributed by atoms with E-state index in [1.165, 1.54) is 32.5 Å². The molecule has 6 aromatic rings. The third-order valence-electron chi connectivity index (χ3n) is 6.18. The highest BCUT2D eigenvalue weighted by molar-refractivity contribution is 9.10. The predicted molar refractivity (Wildman–Crippen MR) is 167 cm³/mol. The molecule has 2 heterocycles. The highest BCUT2D eigenvalue weighted by Gasteiger charge is 2.14. The average Bonchev–Trinajstić information content (AvgIpc) is 3.54. The molecule has 0 radical (unpaired) electrons. The van der Waals surface area contributed by atoms with E-state index in [1.807, 2.05) is 48.5 Å². The molecule has 38 heavy (non-hydrogen) atoms. The molecular weight excluding hydrogens is 644 g/mol. The van der Waals surface area contributed by atoms with E-state index >= 15 is 0 Å². The van der Waals surface area contributed by atoms with Gasteiger partial charge in [-0.1, -0.05) is 80.4 Å². The van der Waals surface area contributed by atoms with Gasteiger partial charge >= 0.3 is 0 Å². The third-order valence-corrected chi connectivity index (χ3v) is 9.26.